The van der Waals surface area contributed by atoms with Crippen LogP contribution in [-0.2, 0) is 16.1 Å². The number of benzene rings is 2. The van der Waals surface area contributed by atoms with E-state index in [1.807, 2.05) is 0 Å². The summed E-state index contributed by atoms with van der Waals surface area (Å²) >= 11 is 4.37. The number of carbonyl (C=O) groups excluding carboxylic acids is 2. The highest BCUT2D eigenvalue weighted by atomic mass is 79.9. The van der Waals surface area contributed by atoms with E-state index in [2.05, 4.69) is 15.9 Å². The number of thioether (sulfide) groups is 1. The molecule has 1 fully saturated rings. The quantitative estimate of drug-likeness (QED) is 0.339. The van der Waals surface area contributed by atoms with E-state index in [0.29, 0.717) is 51.6 Å². The lowest BCUT2D eigenvalue weighted by atomic mass is 10.1. The topological polar surface area (TPSA) is 65.1 Å². The molecule has 6 nitrogen and oxygen atoms in total. The maximum absolute atomic E-state index is 13.4. The number of hydrogen-bond acceptors (Lipinski definition) is 6. The van der Waals surface area contributed by atoms with E-state index in [4.69, 9.17) is 14.2 Å². The van der Waals surface area contributed by atoms with Crippen molar-refractivity contribution in [3.05, 3.63) is 62.7 Å². The molecule has 0 N–H and O–H groups in total. The fourth-order valence-electron chi connectivity index (χ4n) is 2.96. The Kier molecular flexibility index (Phi) is 8.11. The molecule has 1 aliphatic rings. The highest BCUT2D eigenvalue weighted by Crippen LogP contribution is 2.39. The molecule has 3 rings (SSSR count). The van der Waals surface area contributed by atoms with Gasteiger partial charge < -0.3 is 14.2 Å². The lowest BCUT2D eigenvalue weighted by Gasteiger charge is -2.14. The summed E-state index contributed by atoms with van der Waals surface area (Å²) in [6.07, 6.45) is 2.23. The maximum Gasteiger partial charge on any atom is 0.293 e. The predicted octanol–water partition coefficient (Wildman–Crippen LogP) is 5.25. The fraction of sp³-hybridized carbons (Fsp3) is 0.273. The lowest BCUT2D eigenvalue weighted by molar-refractivity contribution is -0.122. The van der Waals surface area contributed by atoms with Crippen LogP contribution >= 0.6 is 27.7 Å². The summed E-state index contributed by atoms with van der Waals surface area (Å²) in [6, 6.07) is 9.63. The van der Waals surface area contributed by atoms with E-state index < -0.39 is 0 Å². The third-order valence-electron chi connectivity index (χ3n) is 4.43. The van der Waals surface area contributed by atoms with Crippen LogP contribution in [0, 0.1) is 5.82 Å². The summed E-state index contributed by atoms with van der Waals surface area (Å²) in [5, 5.41) is -0.298. The molecule has 1 saturated heterocycles. The summed E-state index contributed by atoms with van der Waals surface area (Å²) in [7, 11) is 3.08. The van der Waals surface area contributed by atoms with E-state index in [9.17, 15) is 14.0 Å². The number of nitrogens with zero attached hydrogens (tertiary/aromatic N) is 1. The van der Waals surface area contributed by atoms with Gasteiger partial charge in [0.2, 0.25) is 0 Å². The summed E-state index contributed by atoms with van der Waals surface area (Å²) in [5.41, 5.74) is 1.35. The molecule has 0 radical (unpaired) electrons. The summed E-state index contributed by atoms with van der Waals surface area (Å²) in [4.78, 5) is 26.3. The number of imide groups is 1. The van der Waals surface area contributed by atoms with Crippen molar-refractivity contribution in [1.82, 2.24) is 4.90 Å². The number of rotatable bonds is 9. The molecule has 164 valence electrons. The summed E-state index contributed by atoms with van der Waals surface area (Å²) < 4.78 is 30.2. The Balaban J connectivity index is 1.78. The van der Waals surface area contributed by atoms with Crippen LogP contribution in [0.25, 0.3) is 6.08 Å². The molecular formula is C22H21BrFNO5S. The van der Waals surface area contributed by atoms with Gasteiger partial charge in [0.15, 0.2) is 11.5 Å². The van der Waals surface area contributed by atoms with E-state index in [0.717, 1.165) is 11.8 Å². The average Bonchev–Trinajstić information content (AvgIpc) is 3.00. The van der Waals surface area contributed by atoms with Crippen molar-refractivity contribution in [2.24, 2.45) is 0 Å². The normalized spacial score (nSPS) is 15.1. The molecule has 2 aromatic rings. The van der Waals surface area contributed by atoms with Crippen LogP contribution in [0.1, 0.15) is 17.5 Å². The molecule has 0 saturated carbocycles. The zero-order chi connectivity index (χ0) is 22.4. The Labute approximate surface area is 192 Å². The second-order valence-electron chi connectivity index (χ2n) is 6.63. The number of hydrogen-bond donors (Lipinski definition) is 0. The third-order valence-corrected chi connectivity index (χ3v) is 5.92. The Morgan fingerprint density at radius 2 is 2.00 bits per heavy atom. The first-order chi connectivity index (χ1) is 14.9. The van der Waals surface area contributed by atoms with Gasteiger partial charge in [-0.2, -0.15) is 0 Å². The molecule has 2 amide bonds. The minimum atomic E-state index is -0.335. The SMILES string of the molecule is COCCCN1C(=O)S/C(=C/c2cc(Br)c(OCc3cccc(F)c3)c(OC)c2)C1=O. The minimum Gasteiger partial charge on any atom is -0.493 e. The Morgan fingerprint density at radius 3 is 2.71 bits per heavy atom. The molecule has 2 aromatic carbocycles. The van der Waals surface area contributed by atoms with Crippen LogP contribution in [-0.4, -0.2) is 43.4 Å². The van der Waals surface area contributed by atoms with Crippen molar-refractivity contribution < 1.29 is 28.2 Å². The third kappa shape index (κ3) is 5.87. The summed E-state index contributed by atoms with van der Waals surface area (Å²) in [5.74, 6) is 0.235. The van der Waals surface area contributed by atoms with Gasteiger partial charge in [-0.25, -0.2) is 4.39 Å². The van der Waals surface area contributed by atoms with Gasteiger partial charge in [-0.05, 0) is 75.6 Å². The van der Waals surface area contributed by atoms with E-state index >= 15 is 0 Å². The highest BCUT2D eigenvalue weighted by Gasteiger charge is 2.34. The zero-order valence-corrected chi connectivity index (χ0v) is 19.4. The smallest absolute Gasteiger partial charge is 0.293 e. The van der Waals surface area contributed by atoms with Gasteiger partial charge in [0.25, 0.3) is 11.1 Å². The molecule has 0 unspecified atom stereocenters. The van der Waals surface area contributed by atoms with Gasteiger partial charge in [0.05, 0.1) is 16.5 Å². The fourth-order valence-corrected chi connectivity index (χ4v) is 4.40. The molecule has 0 aromatic heterocycles. The number of methoxy groups -OCH3 is 2. The van der Waals surface area contributed by atoms with Gasteiger partial charge in [-0.15, -0.1) is 0 Å². The largest absolute Gasteiger partial charge is 0.493 e. The van der Waals surface area contributed by atoms with Crippen molar-refractivity contribution in [2.45, 2.75) is 13.0 Å². The average molecular weight is 510 g/mol. The van der Waals surface area contributed by atoms with Crippen LogP contribution in [0.4, 0.5) is 9.18 Å². The molecule has 1 heterocycles. The molecule has 0 spiro atoms. The van der Waals surface area contributed by atoms with Gasteiger partial charge in [-0.1, -0.05) is 12.1 Å². The Morgan fingerprint density at radius 1 is 1.19 bits per heavy atom. The molecule has 0 bridgehead atoms. The zero-order valence-electron chi connectivity index (χ0n) is 17.0. The monoisotopic (exact) mass is 509 g/mol. The van der Waals surface area contributed by atoms with Gasteiger partial charge >= 0.3 is 0 Å². The molecule has 9 heteroatoms. The van der Waals surface area contributed by atoms with Crippen LogP contribution in [0.3, 0.4) is 0 Å². The van der Waals surface area contributed by atoms with Crippen LogP contribution in [0.5, 0.6) is 11.5 Å². The lowest BCUT2D eigenvalue weighted by Crippen LogP contribution is -2.29. The molecular weight excluding hydrogens is 489 g/mol. The standard InChI is InChI=1S/C22H21BrFNO5S/c1-28-8-4-7-25-21(26)19(31-22(25)27)12-15-10-17(23)20(18(11-15)29-2)30-13-14-5-3-6-16(24)9-14/h3,5-6,9-12H,4,7-8,13H2,1-2H3/b19-12+. The second-order valence-corrected chi connectivity index (χ2v) is 8.48. The van der Waals surface area contributed by atoms with Gasteiger partial charge in [0, 0.05) is 20.3 Å². The van der Waals surface area contributed by atoms with Crippen molar-refractivity contribution in [1.29, 1.82) is 0 Å². The van der Waals surface area contributed by atoms with Crippen LogP contribution < -0.4 is 9.47 Å². The molecule has 1 aliphatic heterocycles. The first-order valence-corrected chi connectivity index (χ1v) is 11.0. The Hall–Kier alpha value is -2.36. The van der Waals surface area contributed by atoms with Gasteiger partial charge in [-0.3, -0.25) is 14.5 Å². The number of halogens is 2. The molecule has 0 atom stereocenters. The van der Waals surface area contributed by atoms with Crippen molar-refractivity contribution in [2.75, 3.05) is 27.4 Å². The highest BCUT2D eigenvalue weighted by molar-refractivity contribution is 9.10. The van der Waals surface area contributed by atoms with Crippen LogP contribution in [0.2, 0.25) is 0 Å². The molecule has 0 aliphatic carbocycles. The van der Waals surface area contributed by atoms with Crippen molar-refractivity contribution in [3.8, 4) is 11.5 Å². The van der Waals surface area contributed by atoms with Crippen LogP contribution in [0.15, 0.2) is 45.8 Å². The van der Waals surface area contributed by atoms with E-state index in [1.54, 1.807) is 37.5 Å². The van der Waals surface area contributed by atoms with Crippen molar-refractivity contribution in [3.63, 3.8) is 0 Å². The first kappa shape index (κ1) is 23.3. The van der Waals surface area contributed by atoms with Crippen molar-refractivity contribution >= 4 is 44.9 Å². The summed E-state index contributed by atoms with van der Waals surface area (Å²) in [6.45, 7) is 0.949. The second kappa shape index (κ2) is 10.8. The number of amides is 2. The molecule has 31 heavy (non-hydrogen) atoms. The Bertz CT molecular complexity index is 1010. The number of carbonyl (C=O) groups is 2. The minimum absolute atomic E-state index is 0.159. The number of ether oxygens (including phenoxy) is 3. The maximum atomic E-state index is 13.4. The first-order valence-electron chi connectivity index (χ1n) is 9.42. The predicted molar refractivity (Wildman–Crippen MR) is 121 cm³/mol. The van der Waals surface area contributed by atoms with E-state index in [-0.39, 0.29) is 23.6 Å². The van der Waals surface area contributed by atoms with E-state index in [1.165, 1.54) is 24.1 Å². The van der Waals surface area contributed by atoms with Gasteiger partial charge in [0.1, 0.15) is 12.4 Å².